The molecule has 7 heteroatoms. The molecule has 0 radical (unpaired) electrons. The largest absolute Gasteiger partial charge is 0.457 e. The maximum atomic E-state index is 12.3. The first-order valence-corrected chi connectivity index (χ1v) is 10.3. The summed E-state index contributed by atoms with van der Waals surface area (Å²) in [5, 5.41) is 12.6. The lowest BCUT2D eigenvalue weighted by molar-refractivity contribution is -0.119. The molecule has 4 rings (SSSR count). The normalized spacial score (nSPS) is 12.0. The van der Waals surface area contributed by atoms with E-state index in [1.807, 2.05) is 30.3 Å². The number of ether oxygens (including phenoxy) is 2. The number of fused-ring (bicyclic) bond motifs is 1. The lowest BCUT2D eigenvalue weighted by Gasteiger charge is -2.08. The molecule has 0 unspecified atom stereocenters. The third-order valence-electron chi connectivity index (χ3n) is 4.67. The molecule has 1 aliphatic carbocycles. The van der Waals surface area contributed by atoms with Crippen LogP contribution in [0.25, 0.3) is 0 Å². The van der Waals surface area contributed by atoms with E-state index in [4.69, 9.17) is 9.47 Å². The SMILES string of the molecule is N#Cc1c(NC(=O)COC(=O)c2cccc(Oc3ccccc3)c2)sc2c1CCC2. The van der Waals surface area contributed by atoms with Crippen LogP contribution in [0.5, 0.6) is 11.5 Å². The van der Waals surface area contributed by atoms with Crippen LogP contribution in [0.2, 0.25) is 0 Å². The van der Waals surface area contributed by atoms with Gasteiger partial charge in [0.25, 0.3) is 5.91 Å². The van der Waals surface area contributed by atoms with E-state index in [1.54, 1.807) is 24.3 Å². The fourth-order valence-corrected chi connectivity index (χ4v) is 4.55. The van der Waals surface area contributed by atoms with Crippen molar-refractivity contribution in [1.82, 2.24) is 0 Å². The molecule has 2 aromatic carbocycles. The van der Waals surface area contributed by atoms with E-state index < -0.39 is 18.5 Å². The molecule has 0 bridgehead atoms. The Kier molecular flexibility index (Phi) is 5.77. The first kappa shape index (κ1) is 19.7. The van der Waals surface area contributed by atoms with Crippen LogP contribution in [0.1, 0.15) is 32.8 Å². The van der Waals surface area contributed by atoms with E-state index in [0.717, 1.165) is 29.7 Å². The van der Waals surface area contributed by atoms with Gasteiger partial charge in [0.2, 0.25) is 0 Å². The first-order chi connectivity index (χ1) is 14.6. The predicted molar refractivity (Wildman–Crippen MR) is 113 cm³/mol. The second-order valence-corrected chi connectivity index (χ2v) is 7.85. The van der Waals surface area contributed by atoms with Crippen molar-refractivity contribution in [3.63, 3.8) is 0 Å². The molecule has 6 nitrogen and oxygen atoms in total. The molecule has 150 valence electrons. The molecule has 1 N–H and O–H groups in total. The van der Waals surface area contributed by atoms with Crippen molar-refractivity contribution < 1.29 is 19.1 Å². The first-order valence-electron chi connectivity index (χ1n) is 9.48. The van der Waals surface area contributed by atoms with Gasteiger partial charge in [0.05, 0.1) is 11.1 Å². The number of anilines is 1. The van der Waals surface area contributed by atoms with Crippen LogP contribution in [0.4, 0.5) is 5.00 Å². The summed E-state index contributed by atoms with van der Waals surface area (Å²) in [4.78, 5) is 25.7. The van der Waals surface area contributed by atoms with Crippen LogP contribution >= 0.6 is 11.3 Å². The number of para-hydroxylation sites is 1. The Bertz CT molecular complexity index is 1130. The van der Waals surface area contributed by atoms with Crippen LogP contribution in [0.3, 0.4) is 0 Å². The van der Waals surface area contributed by atoms with Gasteiger partial charge in [-0.3, -0.25) is 4.79 Å². The lowest BCUT2D eigenvalue weighted by atomic mass is 10.1. The Balaban J connectivity index is 1.35. The fourth-order valence-electron chi connectivity index (χ4n) is 3.30. The van der Waals surface area contributed by atoms with E-state index in [1.165, 1.54) is 11.3 Å². The molecule has 3 aromatic rings. The summed E-state index contributed by atoms with van der Waals surface area (Å²) in [5.41, 5.74) is 1.84. The highest BCUT2D eigenvalue weighted by Crippen LogP contribution is 2.38. The Labute approximate surface area is 177 Å². The molecular weight excluding hydrogens is 400 g/mol. The molecule has 0 saturated heterocycles. The lowest BCUT2D eigenvalue weighted by Crippen LogP contribution is -2.21. The smallest absolute Gasteiger partial charge is 0.338 e. The van der Waals surface area contributed by atoms with Crippen molar-refractivity contribution in [1.29, 1.82) is 5.26 Å². The number of hydrogen-bond acceptors (Lipinski definition) is 6. The van der Waals surface area contributed by atoms with E-state index in [-0.39, 0.29) is 5.56 Å². The second-order valence-electron chi connectivity index (χ2n) is 6.74. The zero-order chi connectivity index (χ0) is 20.9. The monoisotopic (exact) mass is 418 g/mol. The molecule has 0 fully saturated rings. The third-order valence-corrected chi connectivity index (χ3v) is 5.88. The minimum atomic E-state index is -0.627. The van der Waals surface area contributed by atoms with E-state index >= 15 is 0 Å². The van der Waals surface area contributed by atoms with Crippen molar-refractivity contribution in [2.24, 2.45) is 0 Å². The Morgan fingerprint density at radius 1 is 1.07 bits per heavy atom. The van der Waals surface area contributed by atoms with Gasteiger partial charge in [0, 0.05) is 4.88 Å². The average Bonchev–Trinajstić information content (AvgIpc) is 3.33. The van der Waals surface area contributed by atoms with Crippen molar-refractivity contribution in [3.8, 4) is 17.6 Å². The summed E-state index contributed by atoms with van der Waals surface area (Å²) < 4.78 is 10.8. The van der Waals surface area contributed by atoms with E-state index in [9.17, 15) is 14.9 Å². The van der Waals surface area contributed by atoms with Crippen LogP contribution < -0.4 is 10.1 Å². The summed E-state index contributed by atoms with van der Waals surface area (Å²) in [6, 6.07) is 18.0. The third kappa shape index (κ3) is 4.34. The van der Waals surface area contributed by atoms with Crippen LogP contribution in [0.15, 0.2) is 54.6 Å². The highest BCUT2D eigenvalue weighted by molar-refractivity contribution is 7.16. The minimum absolute atomic E-state index is 0.282. The Morgan fingerprint density at radius 2 is 1.87 bits per heavy atom. The summed E-state index contributed by atoms with van der Waals surface area (Å²) in [6.07, 6.45) is 2.83. The van der Waals surface area contributed by atoms with Gasteiger partial charge in [0.1, 0.15) is 22.6 Å². The van der Waals surface area contributed by atoms with Crippen molar-refractivity contribution >= 4 is 28.2 Å². The van der Waals surface area contributed by atoms with Gasteiger partial charge in [-0.15, -0.1) is 11.3 Å². The van der Waals surface area contributed by atoms with Crippen LogP contribution in [-0.4, -0.2) is 18.5 Å². The molecule has 1 amide bonds. The van der Waals surface area contributed by atoms with Gasteiger partial charge in [-0.05, 0) is 55.2 Å². The zero-order valence-corrected chi connectivity index (χ0v) is 16.8. The Morgan fingerprint density at radius 3 is 2.67 bits per heavy atom. The average molecular weight is 418 g/mol. The molecule has 0 saturated carbocycles. The highest BCUT2D eigenvalue weighted by atomic mass is 32.1. The summed E-state index contributed by atoms with van der Waals surface area (Å²) in [7, 11) is 0. The topological polar surface area (TPSA) is 88.4 Å². The number of benzene rings is 2. The molecule has 30 heavy (non-hydrogen) atoms. The maximum absolute atomic E-state index is 12.3. The summed E-state index contributed by atoms with van der Waals surface area (Å²) >= 11 is 1.42. The van der Waals surface area contributed by atoms with Crippen LogP contribution in [-0.2, 0) is 22.4 Å². The van der Waals surface area contributed by atoms with Crippen molar-refractivity contribution in [2.45, 2.75) is 19.3 Å². The number of amides is 1. The standard InChI is InChI=1S/C23H18N2O4S/c24-13-19-18-10-5-11-20(18)30-22(19)25-21(26)14-28-23(27)15-6-4-9-17(12-15)29-16-7-2-1-3-8-16/h1-4,6-9,12H,5,10-11,14H2,(H,25,26). The number of carbonyl (C=O) groups is 2. The highest BCUT2D eigenvalue weighted by Gasteiger charge is 2.23. The van der Waals surface area contributed by atoms with Gasteiger partial charge >= 0.3 is 5.97 Å². The number of esters is 1. The summed E-state index contributed by atoms with van der Waals surface area (Å²) in [5.74, 6) is 0.0414. The minimum Gasteiger partial charge on any atom is -0.457 e. The predicted octanol–water partition coefficient (Wildman–Crippen LogP) is 4.70. The van der Waals surface area contributed by atoms with E-state index in [2.05, 4.69) is 11.4 Å². The maximum Gasteiger partial charge on any atom is 0.338 e. The van der Waals surface area contributed by atoms with Gasteiger partial charge in [-0.25, -0.2) is 4.79 Å². The molecule has 1 aliphatic rings. The zero-order valence-electron chi connectivity index (χ0n) is 16.0. The van der Waals surface area contributed by atoms with Gasteiger partial charge in [-0.1, -0.05) is 24.3 Å². The quantitative estimate of drug-likeness (QED) is 0.587. The number of carbonyl (C=O) groups excluding carboxylic acids is 2. The number of hydrogen-bond donors (Lipinski definition) is 1. The Hall–Kier alpha value is -3.63. The number of nitriles is 1. The second kappa shape index (κ2) is 8.80. The van der Waals surface area contributed by atoms with Gasteiger partial charge in [0.15, 0.2) is 6.61 Å². The molecule has 0 spiro atoms. The molecule has 0 aliphatic heterocycles. The number of thiophene rings is 1. The molecule has 1 heterocycles. The number of nitrogens with zero attached hydrogens (tertiary/aromatic N) is 1. The van der Waals surface area contributed by atoms with E-state index in [0.29, 0.717) is 22.1 Å². The van der Waals surface area contributed by atoms with Crippen molar-refractivity contribution in [3.05, 3.63) is 76.2 Å². The number of rotatable bonds is 6. The molecule has 1 aromatic heterocycles. The van der Waals surface area contributed by atoms with Gasteiger partial charge in [-0.2, -0.15) is 5.26 Å². The fraction of sp³-hybridized carbons (Fsp3) is 0.174. The number of nitrogens with one attached hydrogen (secondary N) is 1. The van der Waals surface area contributed by atoms with Crippen LogP contribution in [0, 0.1) is 11.3 Å². The molecular formula is C23H18N2O4S. The number of aryl methyl sites for hydroxylation is 1. The summed E-state index contributed by atoms with van der Waals surface area (Å²) in [6.45, 7) is -0.434. The van der Waals surface area contributed by atoms with Crippen molar-refractivity contribution in [2.75, 3.05) is 11.9 Å². The molecule has 0 atom stereocenters. The van der Waals surface area contributed by atoms with Gasteiger partial charge < -0.3 is 14.8 Å².